The minimum absolute atomic E-state index is 0.463. The number of aryl methyl sites for hydroxylation is 1. The van der Waals surface area contributed by atoms with Gasteiger partial charge < -0.3 is 9.84 Å². The van der Waals surface area contributed by atoms with Gasteiger partial charge in [0.05, 0.1) is 7.11 Å². The van der Waals surface area contributed by atoms with Gasteiger partial charge in [0, 0.05) is 4.90 Å². The molecule has 4 heteroatoms. The highest BCUT2D eigenvalue weighted by Crippen LogP contribution is 2.27. The van der Waals surface area contributed by atoms with Gasteiger partial charge in [-0.1, -0.05) is 29.8 Å². The summed E-state index contributed by atoms with van der Waals surface area (Å²) < 4.78 is 5.17. The maximum absolute atomic E-state index is 11.5. The molecule has 0 bridgehead atoms. The minimum Gasteiger partial charge on any atom is -0.497 e. The van der Waals surface area contributed by atoms with E-state index in [1.807, 2.05) is 55.5 Å². The summed E-state index contributed by atoms with van der Waals surface area (Å²) in [6.07, 6.45) is 0.463. The van der Waals surface area contributed by atoms with E-state index in [-0.39, 0.29) is 0 Å². The first-order chi connectivity index (χ1) is 10.1. The molecule has 0 aliphatic heterocycles. The predicted molar refractivity (Wildman–Crippen MR) is 85.2 cm³/mol. The van der Waals surface area contributed by atoms with Gasteiger partial charge in [0.2, 0.25) is 0 Å². The lowest BCUT2D eigenvalue weighted by Crippen LogP contribution is -2.19. The van der Waals surface area contributed by atoms with Crippen LogP contribution in [0.2, 0.25) is 0 Å². The number of ether oxygens (including phenoxy) is 1. The Labute approximate surface area is 129 Å². The van der Waals surface area contributed by atoms with E-state index in [0.717, 1.165) is 16.2 Å². The number of benzene rings is 2. The number of aliphatic carboxylic acids is 1. The number of carboxylic acids is 1. The van der Waals surface area contributed by atoms with E-state index in [1.54, 1.807) is 7.11 Å². The van der Waals surface area contributed by atoms with E-state index in [9.17, 15) is 9.90 Å². The molecule has 0 unspecified atom stereocenters. The third-order valence-electron chi connectivity index (χ3n) is 3.13. The Bertz CT molecular complexity index is 608. The number of hydrogen-bond acceptors (Lipinski definition) is 3. The molecule has 2 aromatic carbocycles. The predicted octanol–water partition coefficient (Wildman–Crippen LogP) is 3.79. The number of hydrogen-bond donors (Lipinski definition) is 1. The largest absolute Gasteiger partial charge is 0.497 e. The van der Waals surface area contributed by atoms with E-state index in [0.29, 0.717) is 6.42 Å². The average Bonchev–Trinajstić information content (AvgIpc) is 2.49. The van der Waals surface area contributed by atoms with Gasteiger partial charge in [0.1, 0.15) is 11.0 Å². The lowest BCUT2D eigenvalue weighted by Gasteiger charge is -2.13. The Morgan fingerprint density at radius 2 is 1.95 bits per heavy atom. The molecule has 110 valence electrons. The number of carboxylic acid groups (broad SMARTS) is 1. The van der Waals surface area contributed by atoms with Crippen LogP contribution in [0, 0.1) is 6.92 Å². The van der Waals surface area contributed by atoms with E-state index < -0.39 is 11.2 Å². The lowest BCUT2D eigenvalue weighted by molar-refractivity contribution is -0.136. The summed E-state index contributed by atoms with van der Waals surface area (Å²) in [7, 11) is 1.61. The molecule has 0 radical (unpaired) electrons. The third kappa shape index (κ3) is 4.53. The molecule has 2 rings (SSSR count). The van der Waals surface area contributed by atoms with Gasteiger partial charge in [0.15, 0.2) is 0 Å². The minimum atomic E-state index is -0.802. The Morgan fingerprint density at radius 3 is 2.57 bits per heavy atom. The van der Waals surface area contributed by atoms with Crippen LogP contribution in [0.5, 0.6) is 5.75 Å². The summed E-state index contributed by atoms with van der Waals surface area (Å²) in [4.78, 5) is 12.4. The van der Waals surface area contributed by atoms with Crippen molar-refractivity contribution in [1.82, 2.24) is 0 Å². The first kappa shape index (κ1) is 15.4. The zero-order valence-electron chi connectivity index (χ0n) is 12.1. The first-order valence-electron chi connectivity index (χ1n) is 6.67. The van der Waals surface area contributed by atoms with E-state index in [2.05, 4.69) is 0 Å². The highest BCUT2D eigenvalue weighted by atomic mass is 32.2. The van der Waals surface area contributed by atoms with Crippen LogP contribution in [-0.2, 0) is 11.2 Å². The molecule has 0 aliphatic carbocycles. The zero-order valence-corrected chi connectivity index (χ0v) is 12.9. The van der Waals surface area contributed by atoms with Gasteiger partial charge in [-0.3, -0.25) is 4.79 Å². The highest BCUT2D eigenvalue weighted by Gasteiger charge is 2.19. The summed E-state index contributed by atoms with van der Waals surface area (Å²) in [6, 6.07) is 15.4. The van der Waals surface area contributed by atoms with E-state index in [1.165, 1.54) is 17.3 Å². The topological polar surface area (TPSA) is 46.5 Å². The number of methoxy groups -OCH3 is 1. The fourth-order valence-electron chi connectivity index (χ4n) is 1.97. The Balaban J connectivity index is 2.11. The molecule has 0 aliphatic rings. The van der Waals surface area contributed by atoms with Crippen LogP contribution in [0.15, 0.2) is 53.4 Å². The summed E-state index contributed by atoms with van der Waals surface area (Å²) in [5.41, 5.74) is 2.13. The molecule has 21 heavy (non-hydrogen) atoms. The monoisotopic (exact) mass is 302 g/mol. The van der Waals surface area contributed by atoms with Crippen LogP contribution in [0.1, 0.15) is 11.1 Å². The van der Waals surface area contributed by atoms with Crippen molar-refractivity contribution in [1.29, 1.82) is 0 Å². The van der Waals surface area contributed by atoms with E-state index in [4.69, 9.17) is 4.74 Å². The van der Waals surface area contributed by atoms with Gasteiger partial charge >= 0.3 is 5.97 Å². The molecule has 0 amide bonds. The molecule has 0 heterocycles. The second kappa shape index (κ2) is 7.18. The highest BCUT2D eigenvalue weighted by molar-refractivity contribution is 8.00. The second-order valence-electron chi connectivity index (χ2n) is 4.81. The smallest absolute Gasteiger partial charge is 0.317 e. The molecule has 0 aromatic heterocycles. The molecule has 0 saturated carbocycles. The van der Waals surface area contributed by atoms with Crippen LogP contribution < -0.4 is 4.74 Å². The molecule has 0 fully saturated rings. The number of rotatable bonds is 6. The SMILES string of the molecule is COc1cccc(C[C@H](Sc2ccc(C)cc2)C(=O)O)c1. The average molecular weight is 302 g/mol. The Kier molecular flexibility index (Phi) is 5.28. The van der Waals surface area contributed by atoms with Crippen molar-refractivity contribution in [3.8, 4) is 5.75 Å². The molecular weight excluding hydrogens is 284 g/mol. The van der Waals surface area contributed by atoms with Crippen LogP contribution in [0.3, 0.4) is 0 Å². The van der Waals surface area contributed by atoms with Gasteiger partial charge in [0.25, 0.3) is 0 Å². The van der Waals surface area contributed by atoms with Crippen molar-refractivity contribution in [3.63, 3.8) is 0 Å². The van der Waals surface area contributed by atoms with Crippen molar-refractivity contribution in [2.24, 2.45) is 0 Å². The summed E-state index contributed by atoms with van der Waals surface area (Å²) >= 11 is 1.37. The van der Waals surface area contributed by atoms with E-state index >= 15 is 0 Å². The molecular formula is C17H18O3S. The van der Waals surface area contributed by atoms with Crippen LogP contribution >= 0.6 is 11.8 Å². The molecule has 0 saturated heterocycles. The fraction of sp³-hybridized carbons (Fsp3) is 0.235. The third-order valence-corrected chi connectivity index (χ3v) is 4.33. The molecule has 2 aromatic rings. The van der Waals surface area contributed by atoms with Crippen molar-refractivity contribution < 1.29 is 14.6 Å². The molecule has 1 atom stereocenters. The first-order valence-corrected chi connectivity index (χ1v) is 7.55. The number of thioether (sulfide) groups is 1. The zero-order chi connectivity index (χ0) is 15.2. The van der Waals surface area contributed by atoms with Crippen molar-refractivity contribution >= 4 is 17.7 Å². The second-order valence-corrected chi connectivity index (χ2v) is 6.09. The lowest BCUT2D eigenvalue weighted by atomic mass is 10.1. The van der Waals surface area contributed by atoms with Crippen LogP contribution in [0.4, 0.5) is 0 Å². The quantitative estimate of drug-likeness (QED) is 0.825. The number of carbonyl (C=O) groups is 1. The summed E-state index contributed by atoms with van der Waals surface area (Å²) in [6.45, 7) is 2.01. The van der Waals surface area contributed by atoms with Crippen molar-refractivity contribution in [2.45, 2.75) is 23.5 Å². The molecule has 3 nitrogen and oxygen atoms in total. The van der Waals surface area contributed by atoms with Crippen molar-refractivity contribution in [2.75, 3.05) is 7.11 Å². The summed E-state index contributed by atoms with van der Waals surface area (Å²) in [5, 5.41) is 8.91. The van der Waals surface area contributed by atoms with Gasteiger partial charge in [-0.05, 0) is 43.2 Å². The maximum Gasteiger partial charge on any atom is 0.317 e. The maximum atomic E-state index is 11.5. The standard InChI is InChI=1S/C17H18O3S/c1-12-6-8-15(9-7-12)21-16(17(18)19)11-13-4-3-5-14(10-13)20-2/h3-10,16H,11H2,1-2H3,(H,18,19)/t16-/m0/s1. The van der Waals surface area contributed by atoms with Gasteiger partial charge in [-0.25, -0.2) is 0 Å². The Morgan fingerprint density at radius 1 is 1.24 bits per heavy atom. The Hall–Kier alpha value is -1.94. The normalized spacial score (nSPS) is 11.9. The summed E-state index contributed by atoms with van der Waals surface area (Å²) in [5.74, 6) is -0.0552. The van der Waals surface area contributed by atoms with Crippen molar-refractivity contribution in [3.05, 3.63) is 59.7 Å². The van der Waals surface area contributed by atoms with Gasteiger partial charge in [-0.2, -0.15) is 0 Å². The van der Waals surface area contributed by atoms with Gasteiger partial charge in [-0.15, -0.1) is 11.8 Å². The van der Waals surface area contributed by atoms with Crippen LogP contribution in [-0.4, -0.2) is 23.4 Å². The molecule has 1 N–H and O–H groups in total. The molecule has 0 spiro atoms. The fourth-order valence-corrected chi connectivity index (χ4v) is 2.97. The van der Waals surface area contributed by atoms with Crippen LogP contribution in [0.25, 0.3) is 0 Å².